The van der Waals surface area contributed by atoms with E-state index in [1.807, 2.05) is 46.2 Å². The minimum absolute atomic E-state index is 0.0610. The fourth-order valence-electron chi connectivity index (χ4n) is 8.33. The average Bonchev–Trinajstić information content (AvgIpc) is 4.06. The molecule has 2 aliphatic rings. The van der Waals surface area contributed by atoms with Gasteiger partial charge in [-0.2, -0.15) is 5.48 Å². The summed E-state index contributed by atoms with van der Waals surface area (Å²) in [6.07, 6.45) is 10.4. The highest BCUT2D eigenvalue weighted by Crippen LogP contribution is 2.50. The van der Waals surface area contributed by atoms with Crippen LogP contribution in [0.4, 0.5) is 0 Å². The van der Waals surface area contributed by atoms with E-state index in [1.165, 1.54) is 0 Å². The summed E-state index contributed by atoms with van der Waals surface area (Å²) in [7, 11) is 0. The van der Waals surface area contributed by atoms with Crippen LogP contribution in [0.2, 0.25) is 0 Å². The molecule has 9 nitrogen and oxygen atoms in total. The van der Waals surface area contributed by atoms with Crippen molar-refractivity contribution in [3.8, 4) is 32.4 Å². The maximum absolute atomic E-state index is 15.3. The summed E-state index contributed by atoms with van der Waals surface area (Å²) in [5.74, 6) is 1.65. The lowest BCUT2D eigenvalue weighted by atomic mass is 9.93. The molecule has 0 saturated heterocycles. The van der Waals surface area contributed by atoms with E-state index in [4.69, 9.17) is 21.0 Å². The molecular weight excluding hydrogens is 799 g/mol. The number of benzene rings is 2. The molecule has 2 amide bonds. The highest BCUT2D eigenvalue weighted by Gasteiger charge is 2.50. The zero-order valence-electron chi connectivity index (χ0n) is 37.1. The van der Waals surface area contributed by atoms with Crippen molar-refractivity contribution in [3.63, 3.8) is 0 Å². The van der Waals surface area contributed by atoms with Gasteiger partial charge in [0.05, 0.1) is 32.3 Å². The first kappa shape index (κ1) is 46.2. The van der Waals surface area contributed by atoms with Crippen molar-refractivity contribution in [1.82, 2.24) is 15.3 Å². The van der Waals surface area contributed by atoms with Gasteiger partial charge in [0.25, 0.3) is 11.8 Å². The summed E-state index contributed by atoms with van der Waals surface area (Å²) in [6.45, 7) is 14.8. The van der Waals surface area contributed by atoms with Gasteiger partial charge in [-0.1, -0.05) is 86.5 Å². The normalized spacial score (nSPS) is 16.1. The van der Waals surface area contributed by atoms with Crippen LogP contribution in [-0.2, 0) is 9.59 Å². The Morgan fingerprint density at radius 3 is 1.62 bits per heavy atom. The molecule has 328 valence electrons. The molecule has 11 heteroatoms. The maximum Gasteiger partial charge on any atom is 0.261 e. The molecule has 0 bridgehead atoms. The third-order valence-electron chi connectivity index (χ3n) is 12.0. The van der Waals surface area contributed by atoms with Crippen molar-refractivity contribution in [2.24, 2.45) is 23.3 Å². The van der Waals surface area contributed by atoms with Gasteiger partial charge in [0.1, 0.15) is 17.7 Å². The van der Waals surface area contributed by atoms with Crippen LogP contribution in [0.3, 0.4) is 0 Å². The molecule has 0 radical (unpaired) electrons. The molecule has 6 rings (SSSR count). The minimum atomic E-state index is -0.344. The fourth-order valence-corrected chi connectivity index (χ4v) is 10.5. The van der Waals surface area contributed by atoms with Gasteiger partial charge in [-0.05, 0) is 121 Å². The first-order valence-corrected chi connectivity index (χ1v) is 24.4. The van der Waals surface area contributed by atoms with E-state index >= 15 is 9.59 Å². The molecule has 0 saturated carbocycles. The Morgan fingerprint density at radius 2 is 1.11 bits per heavy atom. The average molecular weight is 866 g/mol. The standard InChI is InChI=1S/C50H67N5O4S2/c1-7-13-17-33(11-5)31-54-47(42-28-26-40(60-42)35-18-22-37(23-19-35)58-44(52)16-10-4)45-46(49(54)56)48(55(50(45)57)32-34(12-6)39(51)15-9-3)43-29-27-41(61-43)36-20-24-38(25-21-36)59-53-30-14-8-2/h18-29,33-34,39,44,53H,7-17,30-32,51-52H2,1-6H3. The molecule has 2 aliphatic heterocycles. The second-order valence-electron chi connectivity index (χ2n) is 16.5. The van der Waals surface area contributed by atoms with Crippen LogP contribution < -0.4 is 26.5 Å². The Balaban J connectivity index is 1.44. The predicted octanol–water partition coefficient (Wildman–Crippen LogP) is 11.5. The van der Waals surface area contributed by atoms with Crippen molar-refractivity contribution in [2.45, 2.75) is 124 Å². The lowest BCUT2D eigenvalue weighted by Crippen LogP contribution is -2.40. The predicted molar refractivity (Wildman–Crippen MR) is 254 cm³/mol. The molecule has 2 aromatic carbocycles. The molecule has 61 heavy (non-hydrogen) atoms. The number of hydrogen-bond donors (Lipinski definition) is 3. The lowest BCUT2D eigenvalue weighted by Gasteiger charge is -2.30. The van der Waals surface area contributed by atoms with E-state index < -0.39 is 0 Å². The van der Waals surface area contributed by atoms with Gasteiger partial charge in [-0.25, -0.2) is 0 Å². The van der Waals surface area contributed by atoms with E-state index in [1.54, 1.807) is 22.7 Å². The summed E-state index contributed by atoms with van der Waals surface area (Å²) < 4.78 is 5.93. The number of nitrogens with one attached hydrogen (secondary N) is 1. The van der Waals surface area contributed by atoms with Crippen molar-refractivity contribution in [2.75, 3.05) is 19.6 Å². The van der Waals surface area contributed by atoms with Gasteiger partial charge in [0.2, 0.25) is 0 Å². The number of rotatable bonds is 25. The Hall–Kier alpha value is -4.26. The summed E-state index contributed by atoms with van der Waals surface area (Å²) >= 11 is 3.23. The second kappa shape index (κ2) is 22.2. The molecule has 4 unspecified atom stereocenters. The third kappa shape index (κ3) is 10.9. The van der Waals surface area contributed by atoms with Crippen LogP contribution in [0.15, 0.2) is 83.9 Å². The largest absolute Gasteiger partial charge is 0.476 e. The number of nitrogens with two attached hydrogens (primary N) is 2. The van der Waals surface area contributed by atoms with Crippen LogP contribution in [0, 0.1) is 11.8 Å². The number of carbonyl (C=O) groups is 2. The smallest absolute Gasteiger partial charge is 0.261 e. The number of ether oxygens (including phenoxy) is 1. The molecule has 4 atom stereocenters. The van der Waals surface area contributed by atoms with Crippen LogP contribution >= 0.6 is 22.7 Å². The van der Waals surface area contributed by atoms with Gasteiger partial charge in [0, 0.05) is 35.4 Å². The van der Waals surface area contributed by atoms with Crippen LogP contribution in [0.25, 0.3) is 32.3 Å². The third-order valence-corrected chi connectivity index (χ3v) is 14.3. The molecule has 5 N–H and O–H groups in total. The number of nitrogens with zero attached hydrogens (tertiary/aromatic N) is 2. The Morgan fingerprint density at radius 1 is 0.590 bits per heavy atom. The zero-order chi connectivity index (χ0) is 43.5. The topological polar surface area (TPSA) is 123 Å². The molecule has 4 heterocycles. The number of carbonyl (C=O) groups excluding carboxylic acids is 2. The summed E-state index contributed by atoms with van der Waals surface area (Å²) in [6, 6.07) is 24.4. The monoisotopic (exact) mass is 865 g/mol. The summed E-state index contributed by atoms with van der Waals surface area (Å²) in [5.41, 5.74) is 20.6. The number of hydroxylamine groups is 1. The van der Waals surface area contributed by atoms with Crippen molar-refractivity contribution >= 4 is 45.9 Å². The van der Waals surface area contributed by atoms with Gasteiger partial charge < -0.3 is 25.1 Å². The molecular formula is C50H67N5O4S2. The van der Waals surface area contributed by atoms with Crippen LogP contribution in [-0.4, -0.2) is 53.5 Å². The van der Waals surface area contributed by atoms with Crippen molar-refractivity contribution in [1.29, 1.82) is 0 Å². The Labute approximate surface area is 372 Å². The maximum atomic E-state index is 15.3. The number of fused-ring (bicyclic) bond motifs is 1. The van der Waals surface area contributed by atoms with Crippen LogP contribution in [0.5, 0.6) is 11.5 Å². The van der Waals surface area contributed by atoms with Gasteiger partial charge in [-0.3, -0.25) is 15.3 Å². The Bertz CT molecular complexity index is 2120. The van der Waals surface area contributed by atoms with E-state index in [9.17, 15) is 0 Å². The second-order valence-corrected chi connectivity index (χ2v) is 18.7. The SMILES string of the molecule is CCCCNOc1ccc(-c2ccc(C3=C4C(=O)N(CC(CC)CCCC)C(c5ccc(-c6ccc(OC(N)CCC)cc6)s5)=C4C(=O)N3CC(CC)C(N)CCC)s2)cc1. The first-order chi connectivity index (χ1) is 29.6. The number of unbranched alkanes of at least 4 members (excludes halogenated alkanes) is 2. The van der Waals surface area contributed by atoms with E-state index in [2.05, 4.69) is 83.4 Å². The highest BCUT2D eigenvalue weighted by atomic mass is 32.1. The number of hydrogen-bond acceptors (Lipinski definition) is 9. The zero-order valence-corrected chi connectivity index (χ0v) is 38.8. The fraction of sp³-hybridized carbons (Fsp3) is 0.480. The quantitative estimate of drug-likeness (QED) is 0.0344. The highest BCUT2D eigenvalue weighted by molar-refractivity contribution is 7.17. The summed E-state index contributed by atoms with van der Waals surface area (Å²) in [5, 5.41) is 0. The molecule has 0 spiro atoms. The van der Waals surface area contributed by atoms with Gasteiger partial charge in [0.15, 0.2) is 0 Å². The molecule has 4 aromatic rings. The number of thiophene rings is 2. The molecule has 0 fully saturated rings. The lowest BCUT2D eigenvalue weighted by molar-refractivity contribution is -0.124. The van der Waals surface area contributed by atoms with Gasteiger partial charge >= 0.3 is 0 Å². The van der Waals surface area contributed by atoms with E-state index in [-0.39, 0.29) is 30.0 Å². The van der Waals surface area contributed by atoms with Crippen LogP contribution in [0.1, 0.15) is 122 Å². The minimum Gasteiger partial charge on any atom is -0.476 e. The first-order valence-electron chi connectivity index (χ1n) is 22.8. The van der Waals surface area contributed by atoms with E-state index in [0.717, 1.165) is 125 Å². The van der Waals surface area contributed by atoms with E-state index in [0.29, 0.717) is 35.9 Å². The molecule has 2 aromatic heterocycles. The van der Waals surface area contributed by atoms with Crippen molar-refractivity contribution in [3.05, 3.63) is 93.7 Å². The number of amides is 2. The summed E-state index contributed by atoms with van der Waals surface area (Å²) in [4.78, 5) is 44.0. The molecule has 0 aliphatic carbocycles. The Kier molecular flexibility index (Phi) is 16.8. The van der Waals surface area contributed by atoms with Crippen molar-refractivity contribution < 1.29 is 19.2 Å². The van der Waals surface area contributed by atoms with Gasteiger partial charge in [-0.15, -0.1) is 22.7 Å².